The molecule has 0 radical (unpaired) electrons. The number of carboxylic acid groups (broad SMARTS) is 1. The highest BCUT2D eigenvalue weighted by Crippen LogP contribution is 2.35. The van der Waals surface area contributed by atoms with Crippen LogP contribution in [0.3, 0.4) is 0 Å². The van der Waals surface area contributed by atoms with Gasteiger partial charge in [-0.25, -0.2) is 4.79 Å². The minimum absolute atomic E-state index is 0.0245. The normalized spacial score (nSPS) is 24.9. The summed E-state index contributed by atoms with van der Waals surface area (Å²) in [7, 11) is 0. The van der Waals surface area contributed by atoms with Gasteiger partial charge in [0.25, 0.3) is 0 Å². The molecule has 20 heavy (non-hydrogen) atoms. The first-order valence-corrected chi connectivity index (χ1v) is 7.57. The molecular formula is C15H26N2O3. The van der Waals surface area contributed by atoms with E-state index < -0.39 is 5.97 Å². The van der Waals surface area contributed by atoms with E-state index in [1.165, 1.54) is 0 Å². The fourth-order valence-electron chi connectivity index (χ4n) is 3.01. The summed E-state index contributed by atoms with van der Waals surface area (Å²) in [5.74, 6) is -1.04. The van der Waals surface area contributed by atoms with E-state index in [1.807, 2.05) is 0 Å². The Morgan fingerprint density at radius 3 is 2.30 bits per heavy atom. The van der Waals surface area contributed by atoms with Crippen LogP contribution in [-0.2, 0) is 4.79 Å². The van der Waals surface area contributed by atoms with Crippen molar-refractivity contribution in [2.75, 3.05) is 13.1 Å². The molecule has 0 spiro atoms. The lowest BCUT2D eigenvalue weighted by Crippen LogP contribution is -2.58. The van der Waals surface area contributed by atoms with Gasteiger partial charge in [-0.3, -0.25) is 4.79 Å². The second-order valence-corrected chi connectivity index (χ2v) is 7.18. The molecule has 1 unspecified atom stereocenters. The molecule has 114 valence electrons. The molecule has 0 aromatic rings. The minimum atomic E-state index is -0.774. The van der Waals surface area contributed by atoms with E-state index in [9.17, 15) is 9.59 Å². The van der Waals surface area contributed by atoms with Gasteiger partial charge >= 0.3 is 12.0 Å². The molecule has 2 amide bonds. The summed E-state index contributed by atoms with van der Waals surface area (Å²) in [5.41, 5.74) is 0.403. The molecule has 5 heteroatoms. The van der Waals surface area contributed by atoms with Crippen molar-refractivity contribution in [1.29, 1.82) is 0 Å². The van der Waals surface area contributed by atoms with Crippen molar-refractivity contribution in [2.45, 2.75) is 52.5 Å². The van der Waals surface area contributed by atoms with Gasteiger partial charge in [0.05, 0.1) is 5.92 Å². The number of nitrogens with zero attached hydrogens (tertiary/aromatic N) is 1. The van der Waals surface area contributed by atoms with Gasteiger partial charge in [-0.2, -0.15) is 0 Å². The Bertz CT molecular complexity index is 379. The van der Waals surface area contributed by atoms with Gasteiger partial charge < -0.3 is 15.3 Å². The van der Waals surface area contributed by atoms with Crippen molar-refractivity contribution >= 4 is 12.0 Å². The number of carboxylic acids is 1. The average Bonchev–Trinajstić information content (AvgIpc) is 2.29. The van der Waals surface area contributed by atoms with Crippen LogP contribution in [0.2, 0.25) is 0 Å². The average molecular weight is 282 g/mol. The minimum Gasteiger partial charge on any atom is -0.481 e. The van der Waals surface area contributed by atoms with Gasteiger partial charge in [0, 0.05) is 25.0 Å². The summed E-state index contributed by atoms with van der Waals surface area (Å²) in [6.45, 7) is 7.40. The highest BCUT2D eigenvalue weighted by molar-refractivity contribution is 5.76. The largest absolute Gasteiger partial charge is 0.481 e. The van der Waals surface area contributed by atoms with Gasteiger partial charge in [0.15, 0.2) is 0 Å². The molecule has 1 aliphatic carbocycles. The first-order chi connectivity index (χ1) is 9.28. The molecule has 0 bridgehead atoms. The number of carbonyl (C=O) groups is 2. The Balaban J connectivity index is 1.71. The quantitative estimate of drug-likeness (QED) is 0.834. The van der Waals surface area contributed by atoms with E-state index in [-0.39, 0.29) is 23.9 Å². The summed E-state index contributed by atoms with van der Waals surface area (Å²) < 4.78 is 0. The van der Waals surface area contributed by atoms with Gasteiger partial charge in [-0.15, -0.1) is 0 Å². The van der Waals surface area contributed by atoms with E-state index in [1.54, 1.807) is 11.8 Å². The first-order valence-electron chi connectivity index (χ1n) is 7.57. The number of likely N-dealkylation sites (tertiary alicyclic amines) is 1. The highest BCUT2D eigenvalue weighted by Gasteiger charge is 2.38. The van der Waals surface area contributed by atoms with Crippen LogP contribution in [0, 0.1) is 17.3 Å². The number of carbonyl (C=O) groups excluding carboxylic acids is 1. The van der Waals surface area contributed by atoms with Gasteiger partial charge in [-0.05, 0) is 31.1 Å². The molecule has 1 heterocycles. The summed E-state index contributed by atoms with van der Waals surface area (Å²) in [4.78, 5) is 24.7. The van der Waals surface area contributed by atoms with Crippen LogP contribution in [0.25, 0.3) is 0 Å². The molecule has 0 aromatic heterocycles. The second kappa shape index (κ2) is 5.62. The Kier molecular flexibility index (Phi) is 4.25. The van der Waals surface area contributed by atoms with Gasteiger partial charge in [-0.1, -0.05) is 20.8 Å². The third-order valence-electron chi connectivity index (χ3n) is 4.96. The number of hydrogen-bond donors (Lipinski definition) is 2. The Morgan fingerprint density at radius 2 is 1.80 bits per heavy atom. The fourth-order valence-corrected chi connectivity index (χ4v) is 3.01. The van der Waals surface area contributed by atoms with Gasteiger partial charge in [0.1, 0.15) is 0 Å². The third-order valence-corrected chi connectivity index (χ3v) is 4.96. The molecule has 1 atom stereocenters. The smallest absolute Gasteiger partial charge is 0.317 e. The van der Waals surface area contributed by atoms with E-state index in [0.29, 0.717) is 18.5 Å². The van der Waals surface area contributed by atoms with E-state index >= 15 is 0 Å². The molecule has 5 nitrogen and oxygen atoms in total. The maximum Gasteiger partial charge on any atom is 0.317 e. The predicted octanol–water partition coefficient (Wildman–Crippen LogP) is 2.32. The Morgan fingerprint density at radius 1 is 1.25 bits per heavy atom. The zero-order chi connectivity index (χ0) is 14.9. The van der Waals surface area contributed by atoms with E-state index in [4.69, 9.17) is 5.11 Å². The van der Waals surface area contributed by atoms with E-state index in [0.717, 1.165) is 25.7 Å². The first kappa shape index (κ1) is 15.1. The number of amides is 2. The second-order valence-electron chi connectivity index (χ2n) is 7.18. The lowest BCUT2D eigenvalue weighted by molar-refractivity contribution is -0.144. The standard InChI is InChI=1S/C15H26N2O3/c1-10(13(18)19)11-8-17(9-11)14(20)16-12-4-6-15(2,3)7-5-12/h10-12H,4-9H2,1-3H3,(H,16,20)(H,18,19). The summed E-state index contributed by atoms with van der Waals surface area (Å²) in [6.07, 6.45) is 4.39. The van der Waals surface area contributed by atoms with Crippen LogP contribution in [0.15, 0.2) is 0 Å². The maximum absolute atomic E-state index is 12.1. The summed E-state index contributed by atoms with van der Waals surface area (Å²) in [6, 6.07) is 0.259. The lowest BCUT2D eigenvalue weighted by atomic mass is 9.75. The molecule has 2 N–H and O–H groups in total. The fraction of sp³-hybridized carbons (Fsp3) is 0.867. The maximum atomic E-state index is 12.1. The van der Waals surface area contributed by atoms with Crippen molar-refractivity contribution in [3.63, 3.8) is 0 Å². The number of aliphatic carboxylic acids is 1. The monoisotopic (exact) mass is 282 g/mol. The van der Waals surface area contributed by atoms with Crippen molar-refractivity contribution in [3.05, 3.63) is 0 Å². The van der Waals surface area contributed by atoms with Crippen LogP contribution >= 0.6 is 0 Å². The van der Waals surface area contributed by atoms with Crippen LogP contribution in [0.4, 0.5) is 4.79 Å². The highest BCUT2D eigenvalue weighted by atomic mass is 16.4. The number of hydrogen-bond acceptors (Lipinski definition) is 2. The molecule has 1 saturated heterocycles. The lowest BCUT2D eigenvalue weighted by Gasteiger charge is -2.42. The molecule has 0 aromatic carbocycles. The summed E-state index contributed by atoms with van der Waals surface area (Å²) >= 11 is 0. The molecule has 2 rings (SSSR count). The molecule has 1 aliphatic heterocycles. The van der Waals surface area contributed by atoms with Crippen molar-refractivity contribution in [2.24, 2.45) is 17.3 Å². The molecular weight excluding hydrogens is 256 g/mol. The van der Waals surface area contributed by atoms with Crippen LogP contribution < -0.4 is 5.32 Å². The van der Waals surface area contributed by atoms with Crippen molar-refractivity contribution in [3.8, 4) is 0 Å². The predicted molar refractivity (Wildman–Crippen MR) is 76.4 cm³/mol. The number of urea groups is 1. The number of nitrogens with one attached hydrogen (secondary N) is 1. The third kappa shape index (κ3) is 3.44. The molecule has 2 fully saturated rings. The van der Waals surface area contributed by atoms with Crippen LogP contribution in [-0.4, -0.2) is 41.1 Å². The van der Waals surface area contributed by atoms with Crippen LogP contribution in [0.1, 0.15) is 46.5 Å². The Hall–Kier alpha value is -1.26. The topological polar surface area (TPSA) is 69.6 Å². The zero-order valence-corrected chi connectivity index (χ0v) is 12.7. The van der Waals surface area contributed by atoms with E-state index in [2.05, 4.69) is 19.2 Å². The van der Waals surface area contributed by atoms with Crippen molar-refractivity contribution in [1.82, 2.24) is 10.2 Å². The van der Waals surface area contributed by atoms with Crippen LogP contribution in [0.5, 0.6) is 0 Å². The van der Waals surface area contributed by atoms with Crippen molar-refractivity contribution < 1.29 is 14.7 Å². The SMILES string of the molecule is CC(C(=O)O)C1CN(C(=O)NC2CCC(C)(C)CC2)C1. The van der Waals surface area contributed by atoms with Gasteiger partial charge in [0.2, 0.25) is 0 Å². The summed E-state index contributed by atoms with van der Waals surface area (Å²) in [5, 5.41) is 12.0. The Labute approximate surface area is 120 Å². The molecule has 2 aliphatic rings. The molecule has 1 saturated carbocycles. The number of rotatable bonds is 3. The zero-order valence-electron chi connectivity index (χ0n) is 12.7.